The molecule has 1 aliphatic heterocycles. The van der Waals surface area contributed by atoms with Crippen molar-refractivity contribution in [3.8, 4) is 5.75 Å². The number of hydrogen-bond donors (Lipinski definition) is 1. The molecule has 8 heteroatoms. The summed E-state index contributed by atoms with van der Waals surface area (Å²) in [7, 11) is 0. The van der Waals surface area contributed by atoms with Crippen LogP contribution in [0.15, 0.2) is 24.3 Å². The fourth-order valence-electron chi connectivity index (χ4n) is 2.56. The highest BCUT2D eigenvalue weighted by atomic mass is 19.4. The number of ether oxygens (including phenoxy) is 1. The number of alkyl halides is 3. The maximum atomic E-state index is 12.6. The minimum absolute atomic E-state index is 0.211. The Hall–Kier alpha value is -1.80. The predicted octanol–water partition coefficient (Wildman–Crippen LogP) is 1.61. The third-order valence-corrected chi connectivity index (χ3v) is 3.91. The van der Waals surface area contributed by atoms with E-state index in [-0.39, 0.29) is 11.7 Å². The number of aliphatic hydroxyl groups excluding tert-OH is 1. The molecule has 24 heavy (non-hydrogen) atoms. The lowest BCUT2D eigenvalue weighted by molar-refractivity contribution is -0.137. The van der Waals surface area contributed by atoms with E-state index in [1.54, 1.807) is 4.90 Å². The zero-order chi connectivity index (χ0) is 17.6. The van der Waals surface area contributed by atoms with E-state index in [1.807, 2.05) is 0 Å². The number of carbonyl (C=O) groups excluding carboxylic acids is 1. The zero-order valence-corrected chi connectivity index (χ0v) is 13.3. The third kappa shape index (κ3) is 5.38. The highest BCUT2D eigenvalue weighted by Gasteiger charge is 2.30. The maximum absolute atomic E-state index is 12.6. The molecule has 0 aromatic heterocycles. The van der Waals surface area contributed by atoms with Crippen molar-refractivity contribution in [2.45, 2.75) is 12.6 Å². The van der Waals surface area contributed by atoms with E-state index in [9.17, 15) is 18.0 Å². The van der Waals surface area contributed by atoms with Crippen LogP contribution in [0.2, 0.25) is 0 Å². The SMILES string of the molecule is O=C(CO)N1CCN(CCCOc2cccc(C(F)(F)F)c2)CC1. The molecule has 0 saturated carbocycles. The molecule has 1 amide bonds. The monoisotopic (exact) mass is 346 g/mol. The Morgan fingerprint density at radius 2 is 1.92 bits per heavy atom. The summed E-state index contributed by atoms with van der Waals surface area (Å²) in [5, 5.41) is 8.81. The highest BCUT2D eigenvalue weighted by Crippen LogP contribution is 2.31. The smallest absolute Gasteiger partial charge is 0.416 e. The van der Waals surface area contributed by atoms with Gasteiger partial charge in [-0.15, -0.1) is 0 Å². The molecule has 5 nitrogen and oxygen atoms in total. The Morgan fingerprint density at radius 1 is 1.21 bits per heavy atom. The maximum Gasteiger partial charge on any atom is 0.416 e. The predicted molar refractivity (Wildman–Crippen MR) is 81.7 cm³/mol. The van der Waals surface area contributed by atoms with E-state index < -0.39 is 18.3 Å². The molecular weight excluding hydrogens is 325 g/mol. The van der Waals surface area contributed by atoms with Crippen LogP contribution in [0.5, 0.6) is 5.75 Å². The van der Waals surface area contributed by atoms with Gasteiger partial charge in [0.1, 0.15) is 12.4 Å². The van der Waals surface area contributed by atoms with E-state index in [2.05, 4.69) is 4.90 Å². The standard InChI is InChI=1S/C16H21F3N2O3/c17-16(18,19)13-3-1-4-14(11-13)24-10-2-5-20-6-8-21(9-7-20)15(23)12-22/h1,3-4,11,22H,2,5-10,12H2. The van der Waals surface area contributed by atoms with Gasteiger partial charge in [-0.3, -0.25) is 9.69 Å². The van der Waals surface area contributed by atoms with E-state index in [0.717, 1.165) is 31.8 Å². The van der Waals surface area contributed by atoms with Crippen LogP contribution in [0, 0.1) is 0 Å². The summed E-state index contributed by atoms with van der Waals surface area (Å²) in [4.78, 5) is 15.1. The van der Waals surface area contributed by atoms with Crippen molar-refractivity contribution in [2.24, 2.45) is 0 Å². The molecule has 1 aliphatic rings. The normalized spacial score (nSPS) is 16.2. The fourth-order valence-corrected chi connectivity index (χ4v) is 2.56. The highest BCUT2D eigenvalue weighted by molar-refractivity contribution is 5.77. The summed E-state index contributed by atoms with van der Waals surface area (Å²) < 4.78 is 43.2. The summed E-state index contributed by atoms with van der Waals surface area (Å²) in [5.41, 5.74) is -0.718. The van der Waals surface area contributed by atoms with Gasteiger partial charge in [0.15, 0.2) is 0 Å². The molecule has 0 spiro atoms. The van der Waals surface area contributed by atoms with E-state index >= 15 is 0 Å². The number of aliphatic hydroxyl groups is 1. The summed E-state index contributed by atoms with van der Waals surface area (Å²) in [6.45, 7) is 3.20. The van der Waals surface area contributed by atoms with Gasteiger partial charge >= 0.3 is 6.18 Å². The van der Waals surface area contributed by atoms with Crippen molar-refractivity contribution in [3.63, 3.8) is 0 Å². The molecule has 0 unspecified atom stereocenters. The first-order valence-electron chi connectivity index (χ1n) is 7.81. The number of halogens is 3. The molecule has 1 aromatic carbocycles. The Kier molecular flexibility index (Phi) is 6.44. The minimum Gasteiger partial charge on any atom is -0.494 e. The first kappa shape index (κ1) is 18.5. The van der Waals surface area contributed by atoms with Crippen molar-refractivity contribution >= 4 is 5.91 Å². The van der Waals surface area contributed by atoms with Gasteiger partial charge in [-0.1, -0.05) is 6.07 Å². The molecule has 134 valence electrons. The minimum atomic E-state index is -4.37. The van der Waals surface area contributed by atoms with Gasteiger partial charge in [-0.2, -0.15) is 13.2 Å². The van der Waals surface area contributed by atoms with Gasteiger partial charge in [0.05, 0.1) is 12.2 Å². The first-order valence-corrected chi connectivity index (χ1v) is 7.81. The summed E-state index contributed by atoms with van der Waals surface area (Å²) in [6.07, 6.45) is -3.69. The number of amides is 1. The fraction of sp³-hybridized carbons (Fsp3) is 0.562. The molecule has 2 rings (SSSR count). The molecule has 1 saturated heterocycles. The average molecular weight is 346 g/mol. The molecule has 1 N–H and O–H groups in total. The topological polar surface area (TPSA) is 53.0 Å². The number of benzene rings is 1. The van der Waals surface area contributed by atoms with Crippen LogP contribution in [0.1, 0.15) is 12.0 Å². The van der Waals surface area contributed by atoms with Crippen molar-refractivity contribution in [3.05, 3.63) is 29.8 Å². The van der Waals surface area contributed by atoms with E-state index in [4.69, 9.17) is 9.84 Å². The second-order valence-corrected chi connectivity index (χ2v) is 5.61. The lowest BCUT2D eigenvalue weighted by atomic mass is 10.2. The second-order valence-electron chi connectivity index (χ2n) is 5.61. The lowest BCUT2D eigenvalue weighted by Crippen LogP contribution is -2.49. The van der Waals surface area contributed by atoms with Crippen LogP contribution < -0.4 is 4.74 Å². The summed E-state index contributed by atoms with van der Waals surface area (Å²) in [6, 6.07) is 4.85. The third-order valence-electron chi connectivity index (χ3n) is 3.91. The zero-order valence-electron chi connectivity index (χ0n) is 13.3. The van der Waals surface area contributed by atoms with Crippen molar-refractivity contribution in [2.75, 3.05) is 45.9 Å². The first-order chi connectivity index (χ1) is 11.4. The van der Waals surface area contributed by atoms with Gasteiger partial charge in [0, 0.05) is 32.7 Å². The number of hydrogen-bond acceptors (Lipinski definition) is 4. The Labute approximate surface area is 138 Å². The number of carbonyl (C=O) groups is 1. The lowest BCUT2D eigenvalue weighted by Gasteiger charge is -2.34. The van der Waals surface area contributed by atoms with Gasteiger partial charge < -0.3 is 14.7 Å². The Balaban J connectivity index is 1.68. The average Bonchev–Trinajstić information content (AvgIpc) is 2.58. The van der Waals surface area contributed by atoms with Crippen LogP contribution in [-0.2, 0) is 11.0 Å². The molecular formula is C16H21F3N2O3. The van der Waals surface area contributed by atoms with Crippen LogP contribution in [0.3, 0.4) is 0 Å². The van der Waals surface area contributed by atoms with Crippen LogP contribution in [-0.4, -0.2) is 66.8 Å². The Morgan fingerprint density at radius 3 is 2.54 bits per heavy atom. The van der Waals surface area contributed by atoms with E-state index in [1.165, 1.54) is 12.1 Å². The van der Waals surface area contributed by atoms with Gasteiger partial charge in [0.2, 0.25) is 5.91 Å². The largest absolute Gasteiger partial charge is 0.494 e. The van der Waals surface area contributed by atoms with Gasteiger partial charge in [-0.05, 0) is 24.6 Å². The molecule has 0 aliphatic carbocycles. The van der Waals surface area contributed by atoms with E-state index in [0.29, 0.717) is 26.1 Å². The molecule has 0 bridgehead atoms. The number of nitrogens with zero attached hydrogens (tertiary/aromatic N) is 2. The van der Waals surface area contributed by atoms with Gasteiger partial charge in [-0.25, -0.2) is 0 Å². The van der Waals surface area contributed by atoms with Crippen molar-refractivity contribution < 1.29 is 27.8 Å². The summed E-state index contributed by atoms with van der Waals surface area (Å²) in [5.74, 6) is -0.0503. The van der Waals surface area contributed by atoms with Crippen LogP contribution >= 0.6 is 0 Å². The summed E-state index contributed by atoms with van der Waals surface area (Å²) >= 11 is 0. The molecule has 1 heterocycles. The van der Waals surface area contributed by atoms with Crippen molar-refractivity contribution in [1.82, 2.24) is 9.80 Å². The molecule has 0 radical (unpaired) electrons. The Bertz CT molecular complexity index is 544. The number of rotatable bonds is 6. The molecule has 0 atom stereocenters. The molecule has 1 fully saturated rings. The van der Waals surface area contributed by atoms with Gasteiger partial charge in [0.25, 0.3) is 0 Å². The number of piperazine rings is 1. The second kappa shape index (κ2) is 8.34. The quantitative estimate of drug-likeness (QED) is 0.795. The van der Waals surface area contributed by atoms with Crippen LogP contribution in [0.4, 0.5) is 13.2 Å². The van der Waals surface area contributed by atoms with Crippen LogP contribution in [0.25, 0.3) is 0 Å². The molecule has 1 aromatic rings. The van der Waals surface area contributed by atoms with Crippen molar-refractivity contribution in [1.29, 1.82) is 0 Å².